The fourth-order valence-electron chi connectivity index (χ4n) is 5.17. The van der Waals surface area contributed by atoms with E-state index in [0.717, 1.165) is 39.7 Å². The molecule has 244 valence electrons. The molecular weight excluding hydrogens is 621 g/mol. The maximum absolute atomic E-state index is 11.1. The molecular formula is C38H44CoN3O4. The van der Waals surface area contributed by atoms with Gasteiger partial charge in [-0.3, -0.25) is 9.98 Å². The number of aromatic hydroxyl groups is 2. The summed E-state index contributed by atoms with van der Waals surface area (Å²) in [7, 11) is 0. The predicted octanol–water partition coefficient (Wildman–Crippen LogP) is 8.30. The van der Waals surface area contributed by atoms with Crippen LogP contribution >= 0.6 is 0 Å². The third-order valence-electron chi connectivity index (χ3n) is 7.53. The predicted molar refractivity (Wildman–Crippen MR) is 182 cm³/mol. The average molecular weight is 666 g/mol. The smallest absolute Gasteiger partial charge is 0.545 e. The molecule has 2 N–H and O–H groups in total. The summed E-state index contributed by atoms with van der Waals surface area (Å²) in [6.45, 7) is 19.8. The second-order valence-electron chi connectivity index (χ2n) is 12.1. The normalized spacial score (nSPS) is 11.7. The number of carbonyl (C=O) groups is 1. The number of aryl methyl sites for hydroxylation is 4. The number of phenols is 2. The summed E-state index contributed by atoms with van der Waals surface area (Å²) in [5.41, 5.74) is 11.3. The summed E-state index contributed by atoms with van der Waals surface area (Å²) in [5.74, 6) is -2.52. The van der Waals surface area contributed by atoms with Crippen molar-refractivity contribution in [3.05, 3.63) is 111 Å². The zero-order valence-corrected chi connectivity index (χ0v) is 29.4. The van der Waals surface area contributed by atoms with E-state index in [2.05, 4.69) is 64.1 Å². The third kappa shape index (κ3) is 9.37. The van der Waals surface area contributed by atoms with Gasteiger partial charge in [0.1, 0.15) is 0 Å². The SMILES string of the molecule is CC(=Nc1ccc(C)cc1C)c1cccc(C(C)=Nc2ccc(C)cc2C)n1.CC(C)c1cc(O)c(O)c(C(=O)[O-])c1C(C)C.[Co+]. The number of hydrogen-bond donors (Lipinski definition) is 2. The van der Waals surface area contributed by atoms with Crippen LogP contribution in [0, 0.1) is 27.7 Å². The molecule has 0 saturated carbocycles. The molecule has 8 heteroatoms. The molecule has 3 aromatic carbocycles. The molecule has 4 aromatic rings. The second-order valence-corrected chi connectivity index (χ2v) is 12.1. The Balaban J connectivity index is 0.000000353. The minimum atomic E-state index is -1.47. The van der Waals surface area contributed by atoms with Crippen molar-refractivity contribution in [1.82, 2.24) is 4.98 Å². The molecule has 0 aliphatic carbocycles. The van der Waals surface area contributed by atoms with E-state index < -0.39 is 17.5 Å². The molecule has 1 aromatic heterocycles. The fourth-order valence-corrected chi connectivity index (χ4v) is 5.17. The van der Waals surface area contributed by atoms with E-state index in [4.69, 9.17) is 15.0 Å². The number of hydrogen-bond acceptors (Lipinski definition) is 7. The van der Waals surface area contributed by atoms with Gasteiger partial charge in [0.2, 0.25) is 0 Å². The zero-order chi connectivity index (χ0) is 33.6. The van der Waals surface area contributed by atoms with E-state index in [1.54, 1.807) is 0 Å². The van der Waals surface area contributed by atoms with Crippen molar-refractivity contribution in [2.24, 2.45) is 9.98 Å². The van der Waals surface area contributed by atoms with Gasteiger partial charge in [-0.15, -0.1) is 0 Å². The molecule has 0 fully saturated rings. The van der Waals surface area contributed by atoms with Gasteiger partial charge in [-0.25, -0.2) is 4.98 Å². The Morgan fingerprint density at radius 2 is 1.20 bits per heavy atom. The molecule has 0 bridgehead atoms. The van der Waals surface area contributed by atoms with Gasteiger partial charge < -0.3 is 20.1 Å². The number of carbonyl (C=O) groups excluding carboxylic acids is 1. The Labute approximate surface area is 283 Å². The summed E-state index contributed by atoms with van der Waals surface area (Å²) in [4.78, 5) is 25.5. The molecule has 4 rings (SSSR count). The summed E-state index contributed by atoms with van der Waals surface area (Å²) in [6.07, 6.45) is 0. The van der Waals surface area contributed by atoms with E-state index in [9.17, 15) is 20.1 Å². The van der Waals surface area contributed by atoms with E-state index in [1.165, 1.54) is 28.3 Å². The van der Waals surface area contributed by atoms with Gasteiger partial charge >= 0.3 is 16.8 Å². The molecule has 0 radical (unpaired) electrons. The number of aliphatic imine (C=N–C) groups is 2. The summed E-state index contributed by atoms with van der Waals surface area (Å²) >= 11 is 0. The number of pyridine rings is 1. The molecule has 7 nitrogen and oxygen atoms in total. The second kappa shape index (κ2) is 16.3. The Morgan fingerprint density at radius 3 is 1.57 bits per heavy atom. The Bertz CT molecular complexity index is 1690. The van der Waals surface area contributed by atoms with Gasteiger partial charge in [0.15, 0.2) is 11.5 Å². The van der Waals surface area contributed by atoms with Gasteiger partial charge in [0.05, 0.1) is 40.2 Å². The van der Waals surface area contributed by atoms with Gasteiger partial charge in [-0.05, 0) is 106 Å². The van der Waals surface area contributed by atoms with E-state index in [1.807, 2.05) is 59.7 Å². The summed E-state index contributed by atoms with van der Waals surface area (Å²) in [5, 5.41) is 30.3. The largest absolute Gasteiger partial charge is 1.00 e. The van der Waals surface area contributed by atoms with Crippen LogP contribution in [0.15, 0.2) is 70.6 Å². The maximum Gasteiger partial charge on any atom is 1.00 e. The monoisotopic (exact) mass is 665 g/mol. The first-order valence-electron chi connectivity index (χ1n) is 15.1. The molecule has 0 atom stereocenters. The quantitative estimate of drug-likeness (QED) is 0.152. The molecule has 0 unspecified atom stereocenters. The molecule has 0 aliphatic rings. The van der Waals surface area contributed by atoms with Crippen molar-refractivity contribution in [3.63, 3.8) is 0 Å². The molecule has 0 spiro atoms. The minimum Gasteiger partial charge on any atom is -0.545 e. The van der Waals surface area contributed by atoms with Crippen LogP contribution in [0.4, 0.5) is 11.4 Å². The first-order valence-corrected chi connectivity index (χ1v) is 15.1. The summed E-state index contributed by atoms with van der Waals surface area (Å²) in [6, 6.07) is 20.0. The first-order chi connectivity index (χ1) is 21.1. The standard InChI is InChI=1S/C25H27N3.C13H18O4.Co/c1-16-10-12-22(18(3)14-16)26-20(5)24-8-7-9-25(28-24)21(6)27-23-13-11-17(2)15-19(23)4;1-6(2)8-5-9(14)12(15)11(13(16)17)10(8)7(3)4;/h7-15H,1-6H3;5-7,14-15H,1-4H3,(H,16,17);/q;;+1/p-1. The maximum atomic E-state index is 11.1. The van der Waals surface area contributed by atoms with Crippen molar-refractivity contribution in [2.45, 2.75) is 81.1 Å². The molecule has 0 amide bonds. The van der Waals surface area contributed by atoms with Gasteiger partial charge in [0.25, 0.3) is 0 Å². The molecule has 46 heavy (non-hydrogen) atoms. The van der Waals surface area contributed by atoms with Crippen LogP contribution in [0.25, 0.3) is 0 Å². The first kappa shape index (κ1) is 37.9. The van der Waals surface area contributed by atoms with Crippen molar-refractivity contribution in [1.29, 1.82) is 0 Å². The van der Waals surface area contributed by atoms with Gasteiger partial charge in [-0.2, -0.15) is 0 Å². The summed E-state index contributed by atoms with van der Waals surface area (Å²) < 4.78 is 0. The molecule has 0 aliphatic heterocycles. The van der Waals surface area contributed by atoms with Crippen LogP contribution in [0.3, 0.4) is 0 Å². The van der Waals surface area contributed by atoms with Gasteiger partial charge in [-0.1, -0.05) is 69.2 Å². The zero-order valence-electron chi connectivity index (χ0n) is 28.3. The van der Waals surface area contributed by atoms with Crippen LogP contribution in [0.2, 0.25) is 0 Å². The number of rotatable bonds is 7. The minimum absolute atomic E-state index is 0. The van der Waals surface area contributed by atoms with Crippen LogP contribution in [-0.2, 0) is 16.8 Å². The van der Waals surface area contributed by atoms with Crippen LogP contribution in [0.1, 0.15) is 109 Å². The van der Waals surface area contributed by atoms with Crippen molar-refractivity contribution in [3.8, 4) is 11.5 Å². The van der Waals surface area contributed by atoms with Crippen LogP contribution in [-0.4, -0.2) is 32.6 Å². The van der Waals surface area contributed by atoms with E-state index in [0.29, 0.717) is 5.56 Å². The van der Waals surface area contributed by atoms with E-state index >= 15 is 0 Å². The number of aromatic nitrogens is 1. The number of benzene rings is 3. The van der Waals surface area contributed by atoms with Crippen molar-refractivity contribution < 1.29 is 36.9 Å². The Kier molecular flexibility index (Phi) is 13.5. The van der Waals surface area contributed by atoms with Gasteiger partial charge in [0, 0.05) is 5.56 Å². The number of nitrogens with zero attached hydrogens (tertiary/aromatic N) is 3. The molecule has 1 heterocycles. The molecule has 0 saturated heterocycles. The fraction of sp³-hybridized carbons (Fsp3) is 0.316. The van der Waals surface area contributed by atoms with E-state index in [-0.39, 0.29) is 34.2 Å². The Morgan fingerprint density at radius 1 is 0.739 bits per heavy atom. The van der Waals surface area contributed by atoms with Crippen molar-refractivity contribution in [2.75, 3.05) is 0 Å². The number of carboxylic acids is 1. The topological polar surface area (TPSA) is 118 Å². The van der Waals surface area contributed by atoms with Crippen molar-refractivity contribution >= 4 is 28.8 Å². The van der Waals surface area contributed by atoms with Crippen LogP contribution < -0.4 is 5.11 Å². The number of carboxylic acid groups (broad SMARTS) is 1. The average Bonchev–Trinajstić information content (AvgIpc) is 2.97. The third-order valence-corrected chi connectivity index (χ3v) is 7.53. The number of aromatic carboxylic acids is 1. The Hall–Kier alpha value is -4.27. The number of phenolic OH excluding ortho intramolecular Hbond substituents is 1. The van der Waals surface area contributed by atoms with Crippen LogP contribution in [0.5, 0.6) is 11.5 Å².